The number of aryl methyl sites for hydroxylation is 1. The summed E-state index contributed by atoms with van der Waals surface area (Å²) < 4.78 is 9.71. The SMILES string of the molecule is Cc1cc(Nc2ncc3cc(Cl)c(N4CCN(C5(C)COC5)CC4)cc3n2)sn1. The Morgan fingerprint density at radius 1 is 1.17 bits per heavy atom. The van der Waals surface area contributed by atoms with Crippen LogP contribution in [0.4, 0.5) is 16.6 Å². The highest BCUT2D eigenvalue weighted by molar-refractivity contribution is 7.10. The lowest BCUT2D eigenvalue weighted by atomic mass is 9.97. The van der Waals surface area contributed by atoms with Crippen LogP contribution in [0.1, 0.15) is 12.6 Å². The quantitative estimate of drug-likeness (QED) is 0.676. The second kappa shape index (κ2) is 7.36. The van der Waals surface area contributed by atoms with Crippen LogP contribution in [-0.2, 0) is 4.74 Å². The second-order valence-electron chi connectivity index (χ2n) is 7.98. The number of fused-ring (bicyclic) bond motifs is 1. The predicted octanol–water partition coefficient (Wildman–Crippen LogP) is 3.70. The average molecular weight is 431 g/mol. The van der Waals surface area contributed by atoms with E-state index in [1.54, 1.807) is 0 Å². The molecule has 1 N–H and O–H groups in total. The molecule has 0 atom stereocenters. The number of benzene rings is 1. The zero-order valence-corrected chi connectivity index (χ0v) is 18.1. The van der Waals surface area contributed by atoms with E-state index in [-0.39, 0.29) is 5.54 Å². The maximum absolute atomic E-state index is 6.62. The summed E-state index contributed by atoms with van der Waals surface area (Å²) in [4.78, 5) is 14.0. The maximum atomic E-state index is 6.62. The van der Waals surface area contributed by atoms with E-state index < -0.39 is 0 Å². The molecule has 0 radical (unpaired) electrons. The fraction of sp³-hybridized carbons (Fsp3) is 0.450. The molecule has 0 unspecified atom stereocenters. The minimum Gasteiger partial charge on any atom is -0.377 e. The number of halogens is 1. The summed E-state index contributed by atoms with van der Waals surface area (Å²) in [7, 11) is 0. The predicted molar refractivity (Wildman–Crippen MR) is 118 cm³/mol. The molecule has 5 rings (SSSR count). The Morgan fingerprint density at radius 2 is 1.97 bits per heavy atom. The minimum atomic E-state index is 0.196. The molecule has 152 valence electrons. The van der Waals surface area contributed by atoms with Crippen LogP contribution in [0.5, 0.6) is 0 Å². The van der Waals surface area contributed by atoms with Crippen molar-refractivity contribution in [3.63, 3.8) is 0 Å². The zero-order valence-electron chi connectivity index (χ0n) is 16.5. The number of anilines is 3. The molecule has 2 aromatic heterocycles. The van der Waals surface area contributed by atoms with Crippen LogP contribution >= 0.6 is 23.1 Å². The number of ether oxygens (including phenoxy) is 1. The Bertz CT molecular complexity index is 1040. The van der Waals surface area contributed by atoms with Crippen molar-refractivity contribution in [3.05, 3.63) is 35.1 Å². The summed E-state index contributed by atoms with van der Waals surface area (Å²) in [5.74, 6) is 0.567. The van der Waals surface area contributed by atoms with Gasteiger partial charge in [-0.3, -0.25) is 4.90 Å². The lowest BCUT2D eigenvalue weighted by molar-refractivity contribution is -0.131. The monoisotopic (exact) mass is 430 g/mol. The van der Waals surface area contributed by atoms with Gasteiger partial charge >= 0.3 is 0 Å². The first kappa shape index (κ1) is 19.0. The Kier molecular flexibility index (Phi) is 4.82. The Balaban J connectivity index is 1.37. The number of aromatic nitrogens is 3. The third-order valence-electron chi connectivity index (χ3n) is 5.72. The molecule has 2 fully saturated rings. The molecule has 3 aromatic rings. The summed E-state index contributed by atoms with van der Waals surface area (Å²) >= 11 is 8.02. The highest BCUT2D eigenvalue weighted by Crippen LogP contribution is 2.33. The topological polar surface area (TPSA) is 66.4 Å². The van der Waals surface area contributed by atoms with Crippen LogP contribution in [0.15, 0.2) is 24.4 Å². The van der Waals surface area contributed by atoms with Gasteiger partial charge in [0.15, 0.2) is 0 Å². The first-order chi connectivity index (χ1) is 14.0. The third kappa shape index (κ3) is 3.66. The van der Waals surface area contributed by atoms with Gasteiger partial charge in [0.2, 0.25) is 5.95 Å². The van der Waals surface area contributed by atoms with Crippen molar-refractivity contribution in [1.29, 1.82) is 0 Å². The van der Waals surface area contributed by atoms with E-state index in [4.69, 9.17) is 21.3 Å². The lowest BCUT2D eigenvalue weighted by Gasteiger charge is -2.50. The van der Waals surface area contributed by atoms with Crippen molar-refractivity contribution in [3.8, 4) is 0 Å². The van der Waals surface area contributed by atoms with Crippen LogP contribution in [0.3, 0.4) is 0 Å². The fourth-order valence-electron chi connectivity index (χ4n) is 3.94. The summed E-state index contributed by atoms with van der Waals surface area (Å²) in [5, 5.41) is 5.84. The van der Waals surface area contributed by atoms with Crippen LogP contribution in [0.2, 0.25) is 5.02 Å². The van der Waals surface area contributed by atoms with E-state index >= 15 is 0 Å². The van der Waals surface area contributed by atoms with E-state index in [1.165, 1.54) is 11.5 Å². The molecule has 0 bridgehead atoms. The highest BCUT2D eigenvalue weighted by atomic mass is 35.5. The zero-order chi connectivity index (χ0) is 20.0. The van der Waals surface area contributed by atoms with Gasteiger partial charge in [-0.05, 0) is 43.6 Å². The molecule has 4 heterocycles. The molecule has 2 aliphatic rings. The first-order valence-corrected chi connectivity index (χ1v) is 10.9. The second-order valence-corrected chi connectivity index (χ2v) is 9.19. The Morgan fingerprint density at radius 3 is 2.62 bits per heavy atom. The number of nitrogens with one attached hydrogen (secondary N) is 1. The molecule has 0 aliphatic carbocycles. The van der Waals surface area contributed by atoms with E-state index in [9.17, 15) is 0 Å². The normalized spacial score (nSPS) is 19.3. The number of nitrogens with zero attached hydrogens (tertiary/aromatic N) is 5. The van der Waals surface area contributed by atoms with Gasteiger partial charge in [-0.2, -0.15) is 4.37 Å². The van der Waals surface area contributed by atoms with Gasteiger partial charge in [-0.25, -0.2) is 9.97 Å². The molecule has 2 saturated heterocycles. The summed E-state index contributed by atoms with van der Waals surface area (Å²) in [6, 6.07) is 6.02. The van der Waals surface area contributed by atoms with Gasteiger partial charge < -0.3 is 15.0 Å². The molecule has 29 heavy (non-hydrogen) atoms. The van der Waals surface area contributed by atoms with Crippen LogP contribution in [0.25, 0.3) is 10.9 Å². The van der Waals surface area contributed by atoms with E-state index in [0.717, 1.165) is 71.7 Å². The Labute approximate surface area is 178 Å². The molecule has 2 aliphatic heterocycles. The van der Waals surface area contributed by atoms with Crippen molar-refractivity contribution in [1.82, 2.24) is 19.2 Å². The summed E-state index contributed by atoms with van der Waals surface area (Å²) in [5.41, 5.74) is 3.09. The summed E-state index contributed by atoms with van der Waals surface area (Å²) in [6.07, 6.45) is 1.81. The number of rotatable bonds is 4. The fourth-order valence-corrected chi connectivity index (χ4v) is 4.89. The molecule has 0 amide bonds. The van der Waals surface area contributed by atoms with E-state index in [2.05, 4.69) is 37.5 Å². The van der Waals surface area contributed by atoms with Crippen LogP contribution in [-0.4, -0.2) is 64.2 Å². The molecule has 1 aromatic carbocycles. The summed E-state index contributed by atoms with van der Waals surface area (Å²) in [6.45, 7) is 9.81. The van der Waals surface area contributed by atoms with Crippen LogP contribution in [0, 0.1) is 6.92 Å². The average Bonchev–Trinajstić information content (AvgIpc) is 3.10. The van der Waals surface area contributed by atoms with Crippen molar-refractivity contribution in [2.24, 2.45) is 0 Å². The van der Waals surface area contributed by atoms with Gasteiger partial charge in [0.1, 0.15) is 5.00 Å². The number of piperazine rings is 1. The number of hydrogen-bond acceptors (Lipinski definition) is 8. The molecule has 9 heteroatoms. The molecule has 0 saturated carbocycles. The highest BCUT2D eigenvalue weighted by Gasteiger charge is 2.40. The molecular formula is C20H23ClN6OS. The number of hydrogen-bond donors (Lipinski definition) is 1. The van der Waals surface area contributed by atoms with Gasteiger partial charge in [0, 0.05) is 37.8 Å². The molecule has 7 nitrogen and oxygen atoms in total. The standard InChI is InChI=1S/C20H23ClN6OS/c1-13-7-18(29-25-13)24-19-22-10-14-8-15(21)17(9-16(14)23-19)26-3-5-27(6-4-26)20(2)11-28-12-20/h7-10H,3-6,11-12H2,1-2H3,(H,22,23,24). The van der Waals surface area contributed by atoms with Crippen molar-refractivity contribution < 1.29 is 4.74 Å². The maximum Gasteiger partial charge on any atom is 0.228 e. The van der Waals surface area contributed by atoms with Gasteiger partial charge in [0.25, 0.3) is 0 Å². The van der Waals surface area contributed by atoms with Gasteiger partial charge in [-0.1, -0.05) is 11.6 Å². The largest absolute Gasteiger partial charge is 0.377 e. The van der Waals surface area contributed by atoms with Crippen molar-refractivity contribution in [2.75, 3.05) is 49.6 Å². The van der Waals surface area contributed by atoms with Crippen molar-refractivity contribution >= 4 is 50.7 Å². The van der Waals surface area contributed by atoms with E-state index in [1.807, 2.05) is 25.3 Å². The first-order valence-electron chi connectivity index (χ1n) is 9.75. The molecular weight excluding hydrogens is 408 g/mol. The molecule has 0 spiro atoms. The third-order valence-corrected chi connectivity index (χ3v) is 6.82. The van der Waals surface area contributed by atoms with Crippen LogP contribution < -0.4 is 10.2 Å². The smallest absolute Gasteiger partial charge is 0.228 e. The Hall–Kier alpha value is -2.00. The van der Waals surface area contributed by atoms with Crippen molar-refractivity contribution in [2.45, 2.75) is 19.4 Å². The minimum absolute atomic E-state index is 0.196. The lowest BCUT2D eigenvalue weighted by Crippen LogP contribution is -2.64. The van der Waals surface area contributed by atoms with Gasteiger partial charge in [-0.15, -0.1) is 0 Å². The van der Waals surface area contributed by atoms with E-state index in [0.29, 0.717) is 5.95 Å². The van der Waals surface area contributed by atoms with Gasteiger partial charge in [0.05, 0.1) is 40.7 Å².